The van der Waals surface area contributed by atoms with E-state index in [4.69, 9.17) is 10.9 Å². The van der Waals surface area contributed by atoms with Gasteiger partial charge in [0.15, 0.2) is 5.76 Å². The van der Waals surface area contributed by atoms with E-state index in [0.717, 1.165) is 0 Å². The van der Waals surface area contributed by atoms with Crippen LogP contribution in [0.1, 0.15) is 19.6 Å². The number of aromatic nitrogens is 1. The molecular formula is C12H17N5O3. The summed E-state index contributed by atoms with van der Waals surface area (Å²) < 4.78 is 5.16. The van der Waals surface area contributed by atoms with Crippen molar-refractivity contribution in [3.63, 3.8) is 0 Å². The molecule has 0 bridgehead atoms. The SMILES string of the molecule is C#CC(C)(C)c1onc(NC(=O)NC)c1NC(=O)NC. The van der Waals surface area contributed by atoms with E-state index in [9.17, 15) is 9.59 Å². The fourth-order valence-electron chi connectivity index (χ4n) is 1.33. The number of rotatable bonds is 3. The van der Waals surface area contributed by atoms with Gasteiger partial charge in [0.2, 0.25) is 5.82 Å². The molecule has 8 nitrogen and oxygen atoms in total. The third-order valence-corrected chi connectivity index (χ3v) is 2.55. The molecule has 0 aliphatic rings. The van der Waals surface area contributed by atoms with Crippen LogP contribution in [-0.4, -0.2) is 31.3 Å². The van der Waals surface area contributed by atoms with Crippen molar-refractivity contribution in [2.45, 2.75) is 19.3 Å². The predicted octanol–water partition coefficient (Wildman–Crippen LogP) is 1.09. The summed E-state index contributed by atoms with van der Waals surface area (Å²) in [6, 6.07) is -0.981. The predicted molar refractivity (Wildman–Crippen MR) is 74.5 cm³/mol. The molecule has 4 amide bonds. The second-order valence-corrected chi connectivity index (χ2v) is 4.41. The Bertz CT molecular complexity index is 556. The van der Waals surface area contributed by atoms with Gasteiger partial charge in [-0.1, -0.05) is 11.1 Å². The number of carbonyl (C=O) groups is 2. The lowest BCUT2D eigenvalue weighted by Crippen LogP contribution is -2.28. The minimum absolute atomic E-state index is 0.0753. The summed E-state index contributed by atoms with van der Waals surface area (Å²) in [5.74, 6) is 2.88. The first kappa shape index (κ1) is 15.4. The Hall–Kier alpha value is -2.69. The molecule has 0 fully saturated rings. The van der Waals surface area contributed by atoms with Crippen molar-refractivity contribution in [1.29, 1.82) is 0 Å². The van der Waals surface area contributed by atoms with Crippen molar-refractivity contribution in [1.82, 2.24) is 15.8 Å². The molecule has 0 aliphatic heterocycles. The molecule has 1 aromatic heterocycles. The molecule has 20 heavy (non-hydrogen) atoms. The summed E-state index contributed by atoms with van der Waals surface area (Å²) in [7, 11) is 2.91. The van der Waals surface area contributed by atoms with Crippen LogP contribution >= 0.6 is 0 Å². The molecule has 0 aromatic carbocycles. The van der Waals surface area contributed by atoms with Gasteiger partial charge in [-0.25, -0.2) is 9.59 Å². The van der Waals surface area contributed by atoms with Crippen molar-refractivity contribution in [2.24, 2.45) is 0 Å². The zero-order valence-corrected chi connectivity index (χ0v) is 11.7. The van der Waals surface area contributed by atoms with Crippen molar-refractivity contribution >= 4 is 23.6 Å². The smallest absolute Gasteiger partial charge is 0.320 e. The maximum Gasteiger partial charge on any atom is 0.320 e. The lowest BCUT2D eigenvalue weighted by Gasteiger charge is -2.15. The minimum atomic E-state index is -0.800. The first-order valence-electron chi connectivity index (χ1n) is 5.81. The Kier molecular flexibility index (Phi) is 4.59. The number of carbonyl (C=O) groups excluding carboxylic acids is 2. The second-order valence-electron chi connectivity index (χ2n) is 4.41. The number of anilines is 2. The van der Waals surface area contributed by atoms with Gasteiger partial charge in [-0.05, 0) is 13.8 Å². The summed E-state index contributed by atoms with van der Waals surface area (Å²) >= 11 is 0. The molecule has 0 spiro atoms. The standard InChI is InChI=1S/C12H17N5O3/c1-6-12(2,3)8-7(15-10(18)13-4)9(17-20-8)16-11(19)14-5/h1H,2-5H3,(H2,13,15,18)(H2,14,16,17,19). The van der Waals surface area contributed by atoms with Gasteiger partial charge in [-0.15, -0.1) is 6.42 Å². The highest BCUT2D eigenvalue weighted by atomic mass is 16.5. The number of hydrogen-bond donors (Lipinski definition) is 4. The zero-order valence-electron chi connectivity index (χ0n) is 11.7. The molecule has 0 saturated carbocycles. The second kappa shape index (κ2) is 5.97. The van der Waals surface area contributed by atoms with Crippen LogP contribution in [0.25, 0.3) is 0 Å². The molecule has 108 valence electrons. The fraction of sp³-hybridized carbons (Fsp3) is 0.417. The topological polar surface area (TPSA) is 108 Å². The van der Waals surface area contributed by atoms with Crippen molar-refractivity contribution in [3.8, 4) is 12.3 Å². The van der Waals surface area contributed by atoms with Crippen molar-refractivity contribution in [3.05, 3.63) is 5.76 Å². The molecule has 0 unspecified atom stereocenters. The quantitative estimate of drug-likeness (QED) is 0.621. The molecule has 1 aromatic rings. The Morgan fingerprint density at radius 1 is 1.20 bits per heavy atom. The molecule has 0 saturated heterocycles. The fourth-order valence-corrected chi connectivity index (χ4v) is 1.33. The van der Waals surface area contributed by atoms with Crippen LogP contribution in [0.5, 0.6) is 0 Å². The summed E-state index contributed by atoms with van der Waals surface area (Å²) in [5.41, 5.74) is -0.581. The van der Waals surface area contributed by atoms with Gasteiger partial charge in [0, 0.05) is 14.1 Å². The highest BCUT2D eigenvalue weighted by molar-refractivity contribution is 5.98. The molecule has 0 aliphatic carbocycles. The number of hydrogen-bond acceptors (Lipinski definition) is 4. The minimum Gasteiger partial charge on any atom is -0.355 e. The Labute approximate surface area is 116 Å². The van der Waals surface area contributed by atoms with Gasteiger partial charge in [0.05, 0.1) is 5.41 Å². The van der Waals surface area contributed by atoms with Crippen LogP contribution in [0.4, 0.5) is 21.1 Å². The van der Waals surface area contributed by atoms with E-state index < -0.39 is 17.5 Å². The number of nitrogens with zero attached hydrogens (tertiary/aromatic N) is 1. The normalized spacial score (nSPS) is 10.3. The van der Waals surface area contributed by atoms with Crippen LogP contribution in [0, 0.1) is 12.3 Å². The van der Waals surface area contributed by atoms with E-state index in [2.05, 4.69) is 32.3 Å². The number of nitrogens with one attached hydrogen (secondary N) is 4. The summed E-state index contributed by atoms with van der Waals surface area (Å²) in [4.78, 5) is 22.8. The molecule has 1 rings (SSSR count). The van der Waals surface area contributed by atoms with Crippen molar-refractivity contribution in [2.75, 3.05) is 24.7 Å². The van der Waals surface area contributed by atoms with Gasteiger partial charge in [0.25, 0.3) is 0 Å². The van der Waals surface area contributed by atoms with Crippen LogP contribution in [0.15, 0.2) is 4.52 Å². The van der Waals surface area contributed by atoms with E-state index in [1.165, 1.54) is 14.1 Å². The lowest BCUT2D eigenvalue weighted by atomic mass is 9.90. The monoisotopic (exact) mass is 279 g/mol. The molecule has 4 N–H and O–H groups in total. The van der Waals surface area contributed by atoms with E-state index in [-0.39, 0.29) is 17.3 Å². The Morgan fingerprint density at radius 3 is 2.25 bits per heavy atom. The van der Waals surface area contributed by atoms with Crippen LogP contribution in [0.2, 0.25) is 0 Å². The van der Waals surface area contributed by atoms with Gasteiger partial charge in [0.1, 0.15) is 5.69 Å². The molecule has 1 heterocycles. The van der Waals surface area contributed by atoms with Gasteiger partial charge in [-0.2, -0.15) is 0 Å². The van der Waals surface area contributed by atoms with E-state index in [0.29, 0.717) is 0 Å². The zero-order chi connectivity index (χ0) is 15.3. The average Bonchev–Trinajstić information content (AvgIpc) is 2.82. The van der Waals surface area contributed by atoms with Crippen molar-refractivity contribution < 1.29 is 14.1 Å². The van der Waals surface area contributed by atoms with Gasteiger partial charge < -0.3 is 20.5 Å². The summed E-state index contributed by atoms with van der Waals surface area (Å²) in [6.07, 6.45) is 5.44. The number of urea groups is 2. The van der Waals surface area contributed by atoms with Crippen LogP contribution in [-0.2, 0) is 5.41 Å². The highest BCUT2D eigenvalue weighted by Crippen LogP contribution is 2.34. The lowest BCUT2D eigenvalue weighted by molar-refractivity contribution is 0.252. The molecule has 0 radical (unpaired) electrons. The maximum absolute atomic E-state index is 11.5. The Balaban J connectivity index is 3.23. The summed E-state index contributed by atoms with van der Waals surface area (Å²) in [5, 5.41) is 13.5. The summed E-state index contributed by atoms with van der Waals surface area (Å²) in [6.45, 7) is 3.46. The molecule has 0 atom stereocenters. The van der Waals surface area contributed by atoms with Crippen LogP contribution < -0.4 is 21.3 Å². The molecular weight excluding hydrogens is 262 g/mol. The van der Waals surface area contributed by atoms with Crippen LogP contribution in [0.3, 0.4) is 0 Å². The van der Waals surface area contributed by atoms with E-state index >= 15 is 0 Å². The third-order valence-electron chi connectivity index (χ3n) is 2.55. The average molecular weight is 279 g/mol. The van der Waals surface area contributed by atoms with E-state index in [1.807, 2.05) is 0 Å². The van der Waals surface area contributed by atoms with E-state index in [1.54, 1.807) is 13.8 Å². The largest absolute Gasteiger partial charge is 0.355 e. The number of amides is 4. The number of terminal acetylenes is 1. The first-order valence-corrected chi connectivity index (χ1v) is 5.81. The van der Waals surface area contributed by atoms with Gasteiger partial charge >= 0.3 is 12.1 Å². The van der Waals surface area contributed by atoms with Gasteiger partial charge in [-0.3, -0.25) is 5.32 Å². The maximum atomic E-state index is 11.5. The highest BCUT2D eigenvalue weighted by Gasteiger charge is 2.30. The first-order chi connectivity index (χ1) is 9.35. The third kappa shape index (κ3) is 3.20. The Morgan fingerprint density at radius 2 is 1.75 bits per heavy atom. The molecule has 8 heteroatoms.